The molecule has 3 aliphatic carbocycles. The van der Waals surface area contributed by atoms with Crippen molar-refractivity contribution in [3.05, 3.63) is 119 Å². The van der Waals surface area contributed by atoms with Gasteiger partial charge < -0.3 is 49.4 Å². The third-order valence-electron chi connectivity index (χ3n) is 13.9. The van der Waals surface area contributed by atoms with Gasteiger partial charge in [-0.3, -0.25) is 24.4 Å². The fourth-order valence-electron chi connectivity index (χ4n) is 10.3. The Labute approximate surface area is 373 Å². The van der Waals surface area contributed by atoms with E-state index in [0.29, 0.717) is 0 Å². The lowest BCUT2D eigenvalue weighted by atomic mass is 9.41. The van der Waals surface area contributed by atoms with E-state index in [4.69, 9.17) is 28.6 Å². The van der Waals surface area contributed by atoms with Gasteiger partial charge >= 0.3 is 23.9 Å². The van der Waals surface area contributed by atoms with E-state index in [1.54, 1.807) is 54.6 Å². The number of benzene rings is 3. The van der Waals surface area contributed by atoms with Gasteiger partial charge in [-0.2, -0.15) is 0 Å². The molecule has 1 saturated heterocycles. The lowest BCUT2D eigenvalue weighted by molar-refractivity contribution is -0.487. The molecule has 0 aromatic heterocycles. The Kier molecular flexibility index (Phi) is 12.2. The van der Waals surface area contributed by atoms with Crippen LogP contribution in [0.5, 0.6) is 0 Å². The van der Waals surface area contributed by atoms with Gasteiger partial charge in [0.25, 0.3) is 5.91 Å². The van der Waals surface area contributed by atoms with Crippen LogP contribution in [0, 0.1) is 10.8 Å². The minimum Gasteiger partial charge on any atom is -0.456 e. The summed E-state index contributed by atoms with van der Waals surface area (Å²) in [5.41, 5.74) is -13.5. The van der Waals surface area contributed by atoms with E-state index in [1.807, 2.05) is 0 Å². The van der Waals surface area contributed by atoms with E-state index in [-0.39, 0.29) is 27.8 Å². The maximum Gasteiger partial charge on any atom is 0.341 e. The van der Waals surface area contributed by atoms with Crippen molar-refractivity contribution in [1.29, 1.82) is 0 Å². The van der Waals surface area contributed by atoms with Gasteiger partial charge in [0, 0.05) is 37.7 Å². The first kappa shape index (κ1) is 47.1. The van der Waals surface area contributed by atoms with E-state index < -0.39 is 125 Å². The van der Waals surface area contributed by atoms with Crippen molar-refractivity contribution < 1.29 is 83.0 Å². The maximum atomic E-state index is 15.7. The highest BCUT2D eigenvalue weighted by atomic mass is 17.1. The number of carbonyl (C=O) groups excluding carboxylic acids is 6. The minimum atomic E-state index is -3.20. The summed E-state index contributed by atoms with van der Waals surface area (Å²) < 4.78 is 29.6. The first-order chi connectivity index (χ1) is 30.5. The van der Waals surface area contributed by atoms with E-state index in [0.717, 1.165) is 20.8 Å². The Balaban J connectivity index is 1.45. The van der Waals surface area contributed by atoms with E-state index >= 15 is 4.79 Å². The molecule has 1 heterocycles. The Bertz CT molecular complexity index is 2410. The highest BCUT2D eigenvalue weighted by Gasteiger charge is 2.90. The second-order valence-corrected chi connectivity index (χ2v) is 17.7. The van der Waals surface area contributed by atoms with Crippen molar-refractivity contribution in [3.8, 4) is 0 Å². The summed E-state index contributed by atoms with van der Waals surface area (Å²) >= 11 is 0. The Hall–Kier alpha value is -5.86. The number of ether oxygens (including phenoxy) is 5. The smallest absolute Gasteiger partial charge is 0.341 e. The lowest BCUT2D eigenvalue weighted by Gasteiger charge is -2.72. The molecule has 1 amide bonds. The zero-order chi connectivity index (χ0) is 47.5. The van der Waals surface area contributed by atoms with E-state index in [2.05, 4.69) is 5.32 Å². The number of ketones is 1. The molecule has 7 rings (SSSR count). The summed E-state index contributed by atoms with van der Waals surface area (Å²) in [5.74, 6) is -9.53. The molecule has 3 fully saturated rings. The molecule has 3 aromatic rings. The Morgan fingerprint density at radius 2 is 1.35 bits per heavy atom. The number of hydrogen-bond donors (Lipinski definition) is 6. The predicted molar refractivity (Wildman–Crippen MR) is 222 cm³/mol. The number of carbonyl (C=O) groups is 6. The fraction of sp³-hybridized carbons (Fsp3) is 0.447. The van der Waals surface area contributed by atoms with Crippen LogP contribution in [-0.2, 0) is 47.8 Å². The van der Waals surface area contributed by atoms with Crippen LogP contribution in [0.4, 0.5) is 0 Å². The SMILES string of the molecule is CC(=O)O[C@H]1C(=O)[C@]2(C)[C@@H](O)C[C@]3(O)OC[C@@]3(O)C2(OC(C)=O)[C@H](OC(=O)c2ccccc2)[C@]2(O)C[C@H](OC(=O)[C@H](OO)[C@@H](NC(=O)c3ccccc3)c3ccccc3)C(C)=C1C2(C)C. The molecular weight excluding hydrogens is 851 g/mol. The predicted octanol–water partition coefficient (Wildman–Crippen LogP) is 2.67. The average Bonchev–Trinajstić information content (AvgIpc) is 3.27. The normalized spacial score (nSPS) is 33.2. The van der Waals surface area contributed by atoms with Crippen molar-refractivity contribution >= 4 is 35.6 Å². The second kappa shape index (κ2) is 16.8. The number of rotatable bonds is 11. The topological polar surface area (TPSA) is 271 Å². The molecule has 346 valence electrons. The van der Waals surface area contributed by atoms with Crippen LogP contribution < -0.4 is 5.32 Å². The molecule has 4 aliphatic rings. The van der Waals surface area contributed by atoms with Crippen LogP contribution >= 0.6 is 0 Å². The summed E-state index contributed by atoms with van der Waals surface area (Å²) in [6.45, 7) is 6.21. The Morgan fingerprint density at radius 3 is 1.88 bits per heavy atom. The lowest BCUT2D eigenvalue weighted by Crippen LogP contribution is -2.94. The molecule has 0 radical (unpaired) electrons. The minimum absolute atomic E-state index is 0.0121. The first-order valence-corrected chi connectivity index (χ1v) is 20.8. The molecule has 65 heavy (non-hydrogen) atoms. The molecule has 0 spiro atoms. The number of aliphatic hydroxyl groups is 4. The Morgan fingerprint density at radius 1 is 0.785 bits per heavy atom. The summed E-state index contributed by atoms with van der Waals surface area (Å²) in [6.07, 6.45) is -12.2. The zero-order valence-corrected chi connectivity index (χ0v) is 36.4. The quantitative estimate of drug-likeness (QED) is 0.0531. The number of nitrogens with one attached hydrogen (secondary N) is 1. The van der Waals surface area contributed by atoms with Gasteiger partial charge in [-0.1, -0.05) is 80.6 Å². The molecule has 1 unspecified atom stereocenters. The van der Waals surface area contributed by atoms with Gasteiger partial charge in [0.1, 0.15) is 17.1 Å². The monoisotopic (exact) mass is 901 g/mol. The first-order valence-electron chi connectivity index (χ1n) is 20.8. The second-order valence-electron chi connectivity index (χ2n) is 17.7. The summed E-state index contributed by atoms with van der Waals surface area (Å²) in [4.78, 5) is 89.5. The van der Waals surface area contributed by atoms with Crippen LogP contribution in [0.1, 0.15) is 86.7 Å². The summed E-state index contributed by atoms with van der Waals surface area (Å²) in [7, 11) is 0. The molecule has 18 heteroatoms. The largest absolute Gasteiger partial charge is 0.456 e. The highest BCUT2D eigenvalue weighted by Crippen LogP contribution is 2.68. The summed E-state index contributed by atoms with van der Waals surface area (Å²) in [6, 6.07) is 21.8. The third-order valence-corrected chi connectivity index (χ3v) is 13.9. The number of hydrogen-bond acceptors (Lipinski definition) is 17. The molecule has 11 atom stereocenters. The molecular formula is C47H51NO17. The maximum absolute atomic E-state index is 15.7. The zero-order valence-electron chi connectivity index (χ0n) is 36.4. The van der Waals surface area contributed by atoms with Crippen molar-refractivity contribution in [2.24, 2.45) is 10.8 Å². The van der Waals surface area contributed by atoms with Gasteiger partial charge in [0.05, 0.1) is 24.3 Å². The number of Topliss-reactive ketones (excluding diaryl/α,β-unsaturated/α-hetero) is 1. The highest BCUT2D eigenvalue weighted by molar-refractivity contribution is 5.97. The van der Waals surface area contributed by atoms with E-state index in [1.165, 1.54) is 57.2 Å². The standard InChI is InChI=1S/C47H51NO17/c1-25-31(62-40(55)36(65-59)34(28-16-10-7-11-17-28)48-38(53)29-18-12-8-13-19-29)22-44(56)41(63-39(54)30-20-14-9-15-21-30)47(64-27(3)50)43(6,32(51)23-46(58)45(47,57)24-60-46)37(52)35(61-26(2)49)33(25)42(44,4)5/h7-21,31-32,34-36,41,51,56-59H,22-24H2,1-6H3,(H,48,53)/t31-,32-,34-,35+,36+,41+,43-,44+,45-,46-,47?/m0/s1. The van der Waals surface area contributed by atoms with Gasteiger partial charge in [-0.05, 0) is 54.8 Å². The third kappa shape index (κ3) is 7.15. The molecule has 2 saturated carbocycles. The molecule has 1 aliphatic heterocycles. The fourth-order valence-corrected chi connectivity index (χ4v) is 10.3. The van der Waals surface area contributed by atoms with Crippen LogP contribution in [0.3, 0.4) is 0 Å². The summed E-state index contributed by atoms with van der Waals surface area (Å²) in [5, 5.41) is 63.9. The van der Waals surface area contributed by atoms with Crippen LogP contribution in [0.25, 0.3) is 0 Å². The van der Waals surface area contributed by atoms with Gasteiger partial charge in [-0.15, -0.1) is 0 Å². The van der Waals surface area contributed by atoms with Gasteiger partial charge in [-0.25, -0.2) is 14.5 Å². The molecule has 6 N–H and O–H groups in total. The average molecular weight is 902 g/mol. The van der Waals surface area contributed by atoms with Crippen molar-refractivity contribution in [2.75, 3.05) is 6.61 Å². The van der Waals surface area contributed by atoms with Gasteiger partial charge in [0.2, 0.25) is 17.5 Å². The number of fused-ring (bicyclic) bond motifs is 5. The van der Waals surface area contributed by atoms with Crippen molar-refractivity contribution in [3.63, 3.8) is 0 Å². The molecule has 18 nitrogen and oxygen atoms in total. The van der Waals surface area contributed by atoms with E-state index in [9.17, 15) is 49.7 Å². The number of amides is 1. The van der Waals surface area contributed by atoms with Gasteiger partial charge in [0.15, 0.2) is 23.6 Å². The van der Waals surface area contributed by atoms with Crippen LogP contribution in [0.2, 0.25) is 0 Å². The van der Waals surface area contributed by atoms with Crippen LogP contribution in [0.15, 0.2) is 102 Å². The van der Waals surface area contributed by atoms with Crippen LogP contribution in [-0.4, -0.2) is 121 Å². The van der Waals surface area contributed by atoms with Crippen molar-refractivity contribution in [1.82, 2.24) is 5.32 Å². The number of aliphatic hydroxyl groups excluding tert-OH is 1. The number of esters is 4. The molecule has 2 bridgehead atoms. The van der Waals surface area contributed by atoms with Crippen molar-refractivity contribution in [2.45, 2.75) is 114 Å². The molecule has 3 aromatic carbocycles.